The van der Waals surface area contributed by atoms with Crippen molar-refractivity contribution >= 4 is 28.8 Å². The summed E-state index contributed by atoms with van der Waals surface area (Å²) in [5.41, 5.74) is 2.76. The fourth-order valence-corrected chi connectivity index (χ4v) is 3.94. The van der Waals surface area contributed by atoms with Crippen molar-refractivity contribution in [2.75, 3.05) is 6.61 Å². The third-order valence-corrected chi connectivity index (χ3v) is 5.50. The van der Waals surface area contributed by atoms with Crippen LogP contribution in [-0.4, -0.2) is 17.5 Å². The first-order valence-corrected chi connectivity index (χ1v) is 10.6. The molecule has 3 rings (SSSR count). The van der Waals surface area contributed by atoms with Gasteiger partial charge in [0, 0.05) is 10.4 Å². The molecule has 3 aromatic rings. The van der Waals surface area contributed by atoms with Gasteiger partial charge in [-0.25, -0.2) is 4.98 Å². The lowest BCUT2D eigenvalue weighted by Crippen LogP contribution is -2.29. The Labute approximate surface area is 174 Å². The molecular weight excluding hydrogens is 392 g/mol. The monoisotopic (exact) mass is 414 g/mol. The zero-order valence-corrected chi connectivity index (χ0v) is 17.5. The molecule has 146 valence electrons. The zero-order valence-electron chi connectivity index (χ0n) is 15.9. The number of aromatic nitrogens is 1. The van der Waals surface area contributed by atoms with Crippen LogP contribution < -0.4 is 10.1 Å². The predicted molar refractivity (Wildman–Crippen MR) is 115 cm³/mol. The van der Waals surface area contributed by atoms with Gasteiger partial charge in [-0.2, -0.15) is 0 Å². The molecule has 0 aliphatic heterocycles. The normalized spacial score (nSPS) is 11.8. The summed E-state index contributed by atoms with van der Waals surface area (Å²) in [6.07, 6.45) is 1.05. The molecule has 28 heavy (non-hydrogen) atoms. The number of carbonyl (C=O) groups is 1. The van der Waals surface area contributed by atoms with E-state index in [4.69, 9.17) is 16.3 Å². The maximum absolute atomic E-state index is 12.5. The van der Waals surface area contributed by atoms with Gasteiger partial charge in [-0.1, -0.05) is 42.8 Å². The molecule has 0 aliphatic carbocycles. The predicted octanol–water partition coefficient (Wildman–Crippen LogP) is 5.67. The Morgan fingerprint density at radius 1 is 1.18 bits per heavy atom. The summed E-state index contributed by atoms with van der Waals surface area (Å²) in [5.74, 6) is 0.765. The second-order valence-corrected chi connectivity index (χ2v) is 7.62. The van der Waals surface area contributed by atoms with Gasteiger partial charge >= 0.3 is 0 Å². The molecule has 0 saturated heterocycles. The van der Waals surface area contributed by atoms with Gasteiger partial charge in [-0.05, 0) is 43.2 Å². The Kier molecular flexibility index (Phi) is 7.06. The average Bonchev–Trinajstić information content (AvgIpc) is 3.16. The highest BCUT2D eigenvalue weighted by Gasteiger charge is 2.16. The van der Waals surface area contributed by atoms with Gasteiger partial charge in [0.15, 0.2) is 0 Å². The molecule has 6 heteroatoms. The van der Waals surface area contributed by atoms with Crippen molar-refractivity contribution in [3.63, 3.8) is 0 Å². The van der Waals surface area contributed by atoms with Gasteiger partial charge in [0.05, 0.1) is 30.3 Å². The van der Waals surface area contributed by atoms with Crippen LogP contribution in [0, 0.1) is 0 Å². The van der Waals surface area contributed by atoms with Crippen LogP contribution in [0.3, 0.4) is 0 Å². The van der Waals surface area contributed by atoms with Crippen molar-refractivity contribution in [3.05, 3.63) is 70.2 Å². The van der Waals surface area contributed by atoms with Crippen molar-refractivity contribution < 1.29 is 9.53 Å². The van der Waals surface area contributed by atoms with E-state index < -0.39 is 0 Å². The van der Waals surface area contributed by atoms with Gasteiger partial charge in [0.1, 0.15) is 10.8 Å². The maximum Gasteiger partial charge on any atom is 0.226 e. The van der Waals surface area contributed by atoms with E-state index in [0.717, 1.165) is 34.0 Å². The topological polar surface area (TPSA) is 51.2 Å². The quantitative estimate of drug-likeness (QED) is 0.516. The number of thiazole rings is 1. The highest BCUT2D eigenvalue weighted by Crippen LogP contribution is 2.32. The maximum atomic E-state index is 12.5. The van der Waals surface area contributed by atoms with Crippen LogP contribution in [0.15, 0.2) is 53.9 Å². The number of benzene rings is 2. The first-order chi connectivity index (χ1) is 13.6. The molecule has 0 spiro atoms. The number of nitrogens with one attached hydrogen (secondary N) is 1. The van der Waals surface area contributed by atoms with E-state index in [1.54, 1.807) is 0 Å². The van der Waals surface area contributed by atoms with Crippen molar-refractivity contribution in [1.82, 2.24) is 10.3 Å². The van der Waals surface area contributed by atoms with E-state index >= 15 is 0 Å². The van der Waals surface area contributed by atoms with E-state index in [1.807, 2.05) is 67.8 Å². The lowest BCUT2D eigenvalue weighted by Gasteiger charge is -2.17. The van der Waals surface area contributed by atoms with Crippen LogP contribution >= 0.6 is 22.9 Å². The van der Waals surface area contributed by atoms with E-state index in [0.29, 0.717) is 11.6 Å². The summed E-state index contributed by atoms with van der Waals surface area (Å²) in [6.45, 7) is 4.60. The minimum Gasteiger partial charge on any atom is -0.493 e. The Hall–Kier alpha value is -2.37. The number of hydrogen-bond acceptors (Lipinski definition) is 4. The van der Waals surface area contributed by atoms with Gasteiger partial charge in [0.2, 0.25) is 5.91 Å². The summed E-state index contributed by atoms with van der Waals surface area (Å²) in [7, 11) is 0. The van der Waals surface area contributed by atoms with Crippen molar-refractivity contribution in [2.45, 2.75) is 32.7 Å². The number of rotatable bonds is 8. The van der Waals surface area contributed by atoms with E-state index in [2.05, 4.69) is 10.3 Å². The Morgan fingerprint density at radius 3 is 2.64 bits per heavy atom. The number of amides is 1. The number of halogens is 1. The van der Waals surface area contributed by atoms with Crippen LogP contribution in [0.4, 0.5) is 0 Å². The Balaban J connectivity index is 1.67. The second kappa shape index (κ2) is 9.71. The van der Waals surface area contributed by atoms with Crippen molar-refractivity contribution in [2.24, 2.45) is 0 Å². The highest BCUT2D eigenvalue weighted by atomic mass is 35.5. The van der Waals surface area contributed by atoms with E-state index in [-0.39, 0.29) is 18.4 Å². The van der Waals surface area contributed by atoms with E-state index in [9.17, 15) is 4.79 Å². The first kappa shape index (κ1) is 20.4. The van der Waals surface area contributed by atoms with Gasteiger partial charge in [0.25, 0.3) is 0 Å². The van der Waals surface area contributed by atoms with Crippen molar-refractivity contribution in [3.8, 4) is 16.3 Å². The fourth-order valence-electron chi connectivity index (χ4n) is 2.96. The van der Waals surface area contributed by atoms with Crippen LogP contribution in [0.1, 0.15) is 37.6 Å². The fraction of sp³-hybridized carbons (Fsp3) is 0.273. The molecule has 1 atom stereocenters. The summed E-state index contributed by atoms with van der Waals surface area (Å²) in [4.78, 5) is 17.2. The minimum absolute atomic E-state index is 0.0402. The summed E-state index contributed by atoms with van der Waals surface area (Å²) < 4.78 is 5.68. The van der Waals surface area contributed by atoms with Crippen molar-refractivity contribution in [1.29, 1.82) is 0 Å². The minimum atomic E-state index is -0.0447. The Bertz CT molecular complexity index is 924. The molecule has 1 amide bonds. The number of ether oxygens (including phenoxy) is 1. The lowest BCUT2D eigenvalue weighted by atomic mass is 10.0. The standard InChI is InChI=1S/C22H23ClN2O2S/c1-3-19(15-9-11-16(23)12-10-15)25-21(26)13-17-14-28-22(24-17)18-7-5-6-8-20(18)27-4-2/h5-12,14,19H,3-4,13H2,1-2H3,(H,25,26). The molecule has 0 radical (unpaired) electrons. The molecule has 0 saturated carbocycles. The second-order valence-electron chi connectivity index (χ2n) is 6.33. The average molecular weight is 415 g/mol. The molecule has 1 unspecified atom stereocenters. The molecular formula is C22H23ClN2O2S. The molecule has 0 aliphatic rings. The van der Waals surface area contributed by atoms with Crippen LogP contribution in [0.5, 0.6) is 5.75 Å². The molecule has 1 heterocycles. The number of para-hydroxylation sites is 1. The number of carbonyl (C=O) groups excluding carboxylic acids is 1. The summed E-state index contributed by atoms with van der Waals surface area (Å²) >= 11 is 7.47. The third-order valence-electron chi connectivity index (χ3n) is 4.33. The SMILES string of the molecule is CCOc1ccccc1-c1nc(CC(=O)NC(CC)c2ccc(Cl)cc2)cs1. The lowest BCUT2D eigenvalue weighted by molar-refractivity contribution is -0.121. The molecule has 1 N–H and O–H groups in total. The van der Waals surface area contributed by atoms with Gasteiger partial charge in [-0.15, -0.1) is 11.3 Å². The highest BCUT2D eigenvalue weighted by molar-refractivity contribution is 7.13. The Morgan fingerprint density at radius 2 is 1.93 bits per heavy atom. The summed E-state index contributed by atoms with van der Waals surface area (Å²) in [5, 5.41) is 6.57. The molecule has 1 aromatic heterocycles. The van der Waals surface area contributed by atoms with Crippen LogP contribution in [0.2, 0.25) is 5.02 Å². The largest absolute Gasteiger partial charge is 0.493 e. The molecule has 0 bridgehead atoms. The van der Waals surface area contributed by atoms with Gasteiger partial charge in [-0.3, -0.25) is 4.79 Å². The molecule has 4 nitrogen and oxygen atoms in total. The number of nitrogens with zero attached hydrogens (tertiary/aromatic N) is 1. The third kappa shape index (κ3) is 5.12. The van der Waals surface area contributed by atoms with Gasteiger partial charge < -0.3 is 10.1 Å². The zero-order chi connectivity index (χ0) is 19.9. The summed E-state index contributed by atoms with van der Waals surface area (Å²) in [6, 6.07) is 15.4. The van der Waals surface area contributed by atoms with Crippen LogP contribution in [-0.2, 0) is 11.2 Å². The van der Waals surface area contributed by atoms with E-state index in [1.165, 1.54) is 11.3 Å². The van der Waals surface area contributed by atoms with Crippen LogP contribution in [0.25, 0.3) is 10.6 Å². The molecule has 0 fully saturated rings. The molecule has 2 aromatic carbocycles. The number of hydrogen-bond donors (Lipinski definition) is 1. The smallest absolute Gasteiger partial charge is 0.226 e. The first-order valence-electron chi connectivity index (χ1n) is 9.32.